The molecule has 0 atom stereocenters. The lowest BCUT2D eigenvalue weighted by Gasteiger charge is -2.09. The molecule has 4 nitrogen and oxygen atoms in total. The zero-order valence-electron chi connectivity index (χ0n) is 14.1. The first-order chi connectivity index (χ1) is 12.5. The molecule has 0 radical (unpaired) electrons. The fraction of sp³-hybridized carbons (Fsp3) is 0.0476. The summed E-state index contributed by atoms with van der Waals surface area (Å²) in [5.74, 6) is -0.365. The van der Waals surface area contributed by atoms with Crippen LogP contribution in [-0.4, -0.2) is 11.8 Å². The third-order valence-corrected chi connectivity index (χ3v) is 4.75. The van der Waals surface area contributed by atoms with Crippen LogP contribution < -0.4 is 10.6 Å². The van der Waals surface area contributed by atoms with E-state index in [1.165, 1.54) is 0 Å². The van der Waals surface area contributed by atoms with Gasteiger partial charge in [0.15, 0.2) is 0 Å². The van der Waals surface area contributed by atoms with Crippen molar-refractivity contribution in [1.29, 1.82) is 0 Å². The Hall–Kier alpha value is -2.67. The predicted octanol–water partition coefficient (Wildman–Crippen LogP) is 5.10. The summed E-state index contributed by atoms with van der Waals surface area (Å²) in [4.78, 5) is 24.6. The Bertz CT molecular complexity index is 952. The van der Waals surface area contributed by atoms with E-state index < -0.39 is 0 Å². The van der Waals surface area contributed by atoms with Crippen LogP contribution in [0.1, 0.15) is 26.3 Å². The monoisotopic (exact) mass is 456 g/mol. The average Bonchev–Trinajstić information content (AvgIpc) is 2.64. The quantitative estimate of drug-likeness (QED) is 0.537. The predicted molar refractivity (Wildman–Crippen MR) is 113 cm³/mol. The van der Waals surface area contributed by atoms with Crippen LogP contribution in [0.5, 0.6) is 0 Å². The molecular formula is C21H17IN2O2. The van der Waals surface area contributed by atoms with Gasteiger partial charge in [0, 0.05) is 20.4 Å². The molecule has 5 heteroatoms. The molecule has 0 aromatic heterocycles. The van der Waals surface area contributed by atoms with Gasteiger partial charge in [-0.25, -0.2) is 0 Å². The summed E-state index contributed by atoms with van der Waals surface area (Å²) < 4.78 is 0.973. The summed E-state index contributed by atoms with van der Waals surface area (Å²) in [6.07, 6.45) is 0. The van der Waals surface area contributed by atoms with Crippen LogP contribution in [0.25, 0.3) is 0 Å². The molecule has 0 fully saturated rings. The molecule has 3 rings (SSSR count). The summed E-state index contributed by atoms with van der Waals surface area (Å²) in [6.45, 7) is 1.94. The number of para-hydroxylation sites is 1. The number of carbonyl (C=O) groups excluding carboxylic acids is 2. The second-order valence-corrected chi connectivity index (χ2v) is 7.00. The smallest absolute Gasteiger partial charge is 0.255 e. The first-order valence-corrected chi connectivity index (χ1v) is 9.15. The van der Waals surface area contributed by atoms with Crippen LogP contribution in [0, 0.1) is 10.5 Å². The van der Waals surface area contributed by atoms with Gasteiger partial charge in [-0.05, 0) is 78.0 Å². The van der Waals surface area contributed by atoms with E-state index in [1.54, 1.807) is 30.3 Å². The Morgan fingerprint density at radius 1 is 0.769 bits per heavy atom. The Morgan fingerprint density at radius 3 is 2.15 bits per heavy atom. The fourth-order valence-corrected chi connectivity index (χ4v) is 2.97. The molecule has 2 N–H and O–H groups in total. The molecule has 3 aromatic carbocycles. The van der Waals surface area contributed by atoms with Crippen molar-refractivity contribution in [3.05, 3.63) is 93.1 Å². The maximum Gasteiger partial charge on any atom is 0.255 e. The van der Waals surface area contributed by atoms with E-state index in [0.717, 1.165) is 14.8 Å². The molecule has 0 aliphatic heterocycles. The molecule has 130 valence electrons. The minimum Gasteiger partial charge on any atom is -0.322 e. The van der Waals surface area contributed by atoms with Gasteiger partial charge in [0.2, 0.25) is 0 Å². The van der Waals surface area contributed by atoms with Crippen molar-refractivity contribution in [2.75, 3.05) is 10.6 Å². The Morgan fingerprint density at radius 2 is 1.46 bits per heavy atom. The van der Waals surface area contributed by atoms with Crippen molar-refractivity contribution in [3.63, 3.8) is 0 Å². The molecule has 0 aliphatic carbocycles. The van der Waals surface area contributed by atoms with E-state index in [0.29, 0.717) is 16.8 Å². The van der Waals surface area contributed by atoms with Crippen molar-refractivity contribution in [3.8, 4) is 0 Å². The molecule has 0 saturated heterocycles. The van der Waals surface area contributed by atoms with Gasteiger partial charge in [-0.3, -0.25) is 9.59 Å². The van der Waals surface area contributed by atoms with E-state index >= 15 is 0 Å². The molecule has 0 unspecified atom stereocenters. The normalized spacial score (nSPS) is 10.2. The van der Waals surface area contributed by atoms with E-state index in [4.69, 9.17) is 0 Å². The zero-order valence-corrected chi connectivity index (χ0v) is 16.3. The van der Waals surface area contributed by atoms with Gasteiger partial charge < -0.3 is 10.6 Å². The lowest BCUT2D eigenvalue weighted by molar-refractivity contribution is 0.102. The van der Waals surface area contributed by atoms with Crippen LogP contribution in [0.15, 0.2) is 72.8 Å². The summed E-state index contributed by atoms with van der Waals surface area (Å²) in [6, 6.07) is 21.8. The largest absolute Gasteiger partial charge is 0.322 e. The van der Waals surface area contributed by atoms with E-state index in [-0.39, 0.29) is 11.8 Å². The first-order valence-electron chi connectivity index (χ1n) is 8.07. The van der Waals surface area contributed by atoms with Crippen LogP contribution in [0.4, 0.5) is 11.4 Å². The van der Waals surface area contributed by atoms with E-state index in [2.05, 4.69) is 33.2 Å². The van der Waals surface area contributed by atoms with Crippen LogP contribution >= 0.6 is 22.6 Å². The highest BCUT2D eigenvalue weighted by molar-refractivity contribution is 14.1. The Kier molecular flexibility index (Phi) is 5.68. The standard InChI is InChI=1S/C21H17IN2O2/c1-14-5-4-6-16(13-14)21(26)23-17-11-9-15(10-12-17)20(25)24-19-8-3-2-7-18(19)22/h2-13H,1H3,(H,23,26)(H,24,25). The maximum atomic E-state index is 12.4. The highest BCUT2D eigenvalue weighted by Crippen LogP contribution is 2.19. The average molecular weight is 456 g/mol. The molecule has 0 saturated carbocycles. The van der Waals surface area contributed by atoms with Gasteiger partial charge in [0.05, 0.1) is 5.69 Å². The number of aryl methyl sites for hydroxylation is 1. The van der Waals surface area contributed by atoms with E-state index in [9.17, 15) is 9.59 Å². The molecule has 3 aromatic rings. The van der Waals surface area contributed by atoms with E-state index in [1.807, 2.05) is 49.4 Å². The third kappa shape index (κ3) is 4.49. The second kappa shape index (κ2) is 8.14. The van der Waals surface area contributed by atoms with Gasteiger partial charge in [-0.2, -0.15) is 0 Å². The number of hydrogen-bond acceptors (Lipinski definition) is 2. The van der Waals surface area contributed by atoms with Crippen molar-refractivity contribution in [1.82, 2.24) is 0 Å². The summed E-state index contributed by atoms with van der Waals surface area (Å²) >= 11 is 2.18. The lowest BCUT2D eigenvalue weighted by atomic mass is 10.1. The Balaban J connectivity index is 1.67. The van der Waals surface area contributed by atoms with Crippen LogP contribution in [0.2, 0.25) is 0 Å². The van der Waals surface area contributed by atoms with Gasteiger partial charge in [-0.15, -0.1) is 0 Å². The Labute approximate surface area is 165 Å². The fourth-order valence-electron chi connectivity index (χ4n) is 2.45. The SMILES string of the molecule is Cc1cccc(C(=O)Nc2ccc(C(=O)Nc3ccccc3I)cc2)c1. The molecule has 0 aliphatic rings. The number of carbonyl (C=O) groups is 2. The number of halogens is 1. The summed E-state index contributed by atoms with van der Waals surface area (Å²) in [5, 5.41) is 5.72. The topological polar surface area (TPSA) is 58.2 Å². The molecule has 26 heavy (non-hydrogen) atoms. The summed E-state index contributed by atoms with van der Waals surface area (Å²) in [5.41, 5.74) is 3.57. The van der Waals surface area contributed by atoms with Crippen molar-refractivity contribution < 1.29 is 9.59 Å². The second-order valence-electron chi connectivity index (χ2n) is 5.83. The molecule has 0 bridgehead atoms. The highest BCUT2D eigenvalue weighted by Gasteiger charge is 2.09. The first kappa shape index (κ1) is 18.1. The third-order valence-electron chi connectivity index (χ3n) is 3.81. The minimum absolute atomic E-state index is 0.176. The zero-order chi connectivity index (χ0) is 18.5. The number of rotatable bonds is 4. The summed E-state index contributed by atoms with van der Waals surface area (Å²) in [7, 11) is 0. The number of amides is 2. The number of anilines is 2. The van der Waals surface area contributed by atoms with Crippen LogP contribution in [0.3, 0.4) is 0 Å². The lowest BCUT2D eigenvalue weighted by Crippen LogP contribution is -2.14. The van der Waals surface area contributed by atoms with Crippen molar-refractivity contribution >= 4 is 45.8 Å². The van der Waals surface area contributed by atoms with Gasteiger partial charge in [0.25, 0.3) is 11.8 Å². The number of hydrogen-bond donors (Lipinski definition) is 2. The van der Waals surface area contributed by atoms with Gasteiger partial charge in [0.1, 0.15) is 0 Å². The number of benzene rings is 3. The van der Waals surface area contributed by atoms with Crippen molar-refractivity contribution in [2.45, 2.75) is 6.92 Å². The van der Waals surface area contributed by atoms with Crippen LogP contribution in [-0.2, 0) is 0 Å². The molecule has 2 amide bonds. The number of nitrogens with one attached hydrogen (secondary N) is 2. The molecule has 0 heterocycles. The van der Waals surface area contributed by atoms with Gasteiger partial charge in [-0.1, -0.05) is 29.8 Å². The molecular weight excluding hydrogens is 439 g/mol. The maximum absolute atomic E-state index is 12.4. The van der Waals surface area contributed by atoms with Gasteiger partial charge >= 0.3 is 0 Å². The van der Waals surface area contributed by atoms with Crippen molar-refractivity contribution in [2.24, 2.45) is 0 Å². The molecule has 0 spiro atoms. The minimum atomic E-state index is -0.189. The highest BCUT2D eigenvalue weighted by atomic mass is 127.